The second-order valence-corrected chi connectivity index (χ2v) is 5.52. The van der Waals surface area contributed by atoms with Crippen LogP contribution >= 0.6 is 31.9 Å². The summed E-state index contributed by atoms with van der Waals surface area (Å²) in [6.07, 6.45) is 0.327. The zero-order valence-electron chi connectivity index (χ0n) is 9.58. The Morgan fingerprint density at radius 3 is 2.76 bits per heavy atom. The highest BCUT2D eigenvalue weighted by atomic mass is 79.9. The number of nitriles is 1. The van der Waals surface area contributed by atoms with Crippen LogP contribution in [-0.4, -0.2) is 23.9 Å². The van der Waals surface area contributed by atoms with E-state index in [0.29, 0.717) is 12.0 Å². The molecule has 17 heavy (non-hydrogen) atoms. The molecule has 1 aromatic rings. The van der Waals surface area contributed by atoms with E-state index in [9.17, 15) is 4.79 Å². The quantitative estimate of drug-likeness (QED) is 0.827. The maximum Gasteiger partial charge on any atom is 0.255 e. The summed E-state index contributed by atoms with van der Waals surface area (Å²) in [4.78, 5) is 13.8. The van der Waals surface area contributed by atoms with Crippen LogP contribution in [-0.2, 0) is 0 Å². The predicted octanol–water partition coefficient (Wildman–Crippen LogP) is 3.59. The van der Waals surface area contributed by atoms with E-state index in [2.05, 4.69) is 37.9 Å². The average molecular weight is 360 g/mol. The van der Waals surface area contributed by atoms with Crippen LogP contribution < -0.4 is 0 Å². The molecule has 1 unspecified atom stereocenters. The number of rotatable bonds is 3. The van der Waals surface area contributed by atoms with Gasteiger partial charge >= 0.3 is 0 Å². The van der Waals surface area contributed by atoms with Crippen molar-refractivity contribution in [2.45, 2.75) is 19.4 Å². The molecule has 0 aromatic heterocycles. The number of nitrogens with zero attached hydrogens (tertiary/aromatic N) is 2. The Morgan fingerprint density at radius 2 is 2.18 bits per heavy atom. The minimum atomic E-state index is -0.0987. The number of carbonyl (C=O) groups excluding carboxylic acids is 1. The lowest BCUT2D eigenvalue weighted by Crippen LogP contribution is -2.35. The van der Waals surface area contributed by atoms with Crippen molar-refractivity contribution in [1.29, 1.82) is 5.26 Å². The van der Waals surface area contributed by atoms with Gasteiger partial charge < -0.3 is 4.90 Å². The van der Waals surface area contributed by atoms with Gasteiger partial charge in [-0.2, -0.15) is 5.26 Å². The SMILES string of the molecule is CC(CC#N)N(C)C(=O)c1cc(Br)ccc1Br. The third-order valence-electron chi connectivity index (χ3n) is 2.53. The van der Waals surface area contributed by atoms with Crippen molar-refractivity contribution in [3.05, 3.63) is 32.7 Å². The fourth-order valence-corrected chi connectivity index (χ4v) is 2.10. The summed E-state index contributed by atoms with van der Waals surface area (Å²) in [6, 6.07) is 7.41. The zero-order valence-corrected chi connectivity index (χ0v) is 12.7. The largest absolute Gasteiger partial charge is 0.338 e. The summed E-state index contributed by atoms with van der Waals surface area (Å²) in [6.45, 7) is 1.85. The highest BCUT2D eigenvalue weighted by molar-refractivity contribution is 9.11. The van der Waals surface area contributed by atoms with Gasteiger partial charge in [0.25, 0.3) is 5.91 Å². The lowest BCUT2D eigenvalue weighted by molar-refractivity contribution is 0.0745. The van der Waals surface area contributed by atoms with Crippen molar-refractivity contribution >= 4 is 37.8 Å². The van der Waals surface area contributed by atoms with Crippen LogP contribution in [0.15, 0.2) is 27.1 Å². The Kier molecular flexibility index (Phi) is 5.16. The summed E-state index contributed by atoms with van der Waals surface area (Å²) in [5.74, 6) is -0.0964. The van der Waals surface area contributed by atoms with Gasteiger partial charge in [-0.3, -0.25) is 4.79 Å². The number of carbonyl (C=O) groups is 1. The summed E-state index contributed by atoms with van der Waals surface area (Å²) in [7, 11) is 1.71. The average Bonchev–Trinajstić information content (AvgIpc) is 2.30. The van der Waals surface area contributed by atoms with E-state index in [1.54, 1.807) is 18.0 Å². The van der Waals surface area contributed by atoms with E-state index in [4.69, 9.17) is 5.26 Å². The highest BCUT2D eigenvalue weighted by Gasteiger charge is 2.19. The summed E-state index contributed by atoms with van der Waals surface area (Å²) in [5, 5.41) is 8.63. The van der Waals surface area contributed by atoms with Gasteiger partial charge in [0, 0.05) is 22.0 Å². The number of halogens is 2. The highest BCUT2D eigenvalue weighted by Crippen LogP contribution is 2.23. The molecule has 0 aliphatic rings. The molecule has 0 fully saturated rings. The van der Waals surface area contributed by atoms with Crippen LogP contribution in [0.3, 0.4) is 0 Å². The molecule has 0 spiro atoms. The predicted molar refractivity (Wildman–Crippen MR) is 73.6 cm³/mol. The molecular formula is C12H12Br2N2O. The fourth-order valence-electron chi connectivity index (χ4n) is 1.32. The van der Waals surface area contributed by atoms with Gasteiger partial charge in [0.1, 0.15) is 0 Å². The first-order valence-corrected chi connectivity index (χ1v) is 6.65. The van der Waals surface area contributed by atoms with Crippen molar-refractivity contribution < 1.29 is 4.79 Å². The van der Waals surface area contributed by atoms with E-state index in [1.165, 1.54) is 0 Å². The first kappa shape index (κ1) is 14.2. The smallest absolute Gasteiger partial charge is 0.255 e. The van der Waals surface area contributed by atoms with E-state index in [1.807, 2.05) is 19.1 Å². The molecule has 1 rings (SSSR count). The Hall–Kier alpha value is -0.860. The minimum absolute atomic E-state index is 0.0964. The maximum atomic E-state index is 12.2. The van der Waals surface area contributed by atoms with Gasteiger partial charge in [-0.1, -0.05) is 15.9 Å². The first-order chi connectivity index (χ1) is 7.97. The zero-order chi connectivity index (χ0) is 13.0. The third-order valence-corrected chi connectivity index (χ3v) is 3.71. The number of hydrogen-bond donors (Lipinski definition) is 0. The normalized spacial score (nSPS) is 11.7. The summed E-state index contributed by atoms with van der Waals surface area (Å²) in [5.41, 5.74) is 0.590. The minimum Gasteiger partial charge on any atom is -0.338 e. The van der Waals surface area contributed by atoms with Crippen LogP contribution in [0.5, 0.6) is 0 Å². The molecule has 0 aliphatic heterocycles. The van der Waals surface area contributed by atoms with Crippen molar-refractivity contribution in [2.75, 3.05) is 7.05 Å². The van der Waals surface area contributed by atoms with Gasteiger partial charge in [0.15, 0.2) is 0 Å². The molecule has 90 valence electrons. The molecular weight excluding hydrogens is 348 g/mol. The van der Waals surface area contributed by atoms with Crippen molar-refractivity contribution in [3.63, 3.8) is 0 Å². The standard InChI is InChI=1S/C12H12Br2N2O/c1-8(5-6-15)16(2)12(17)10-7-9(13)3-4-11(10)14/h3-4,7-8H,5H2,1-2H3. The Balaban J connectivity index is 2.96. The topological polar surface area (TPSA) is 44.1 Å². The first-order valence-electron chi connectivity index (χ1n) is 5.06. The lowest BCUT2D eigenvalue weighted by atomic mass is 10.1. The number of hydrogen-bond acceptors (Lipinski definition) is 2. The molecule has 0 bridgehead atoms. The number of benzene rings is 1. The van der Waals surface area contributed by atoms with Gasteiger partial charge in [0.05, 0.1) is 18.1 Å². The van der Waals surface area contributed by atoms with Crippen LogP contribution in [0, 0.1) is 11.3 Å². The van der Waals surface area contributed by atoms with Crippen LogP contribution in [0.4, 0.5) is 0 Å². The van der Waals surface area contributed by atoms with Gasteiger partial charge in [-0.05, 0) is 41.1 Å². The molecule has 0 N–H and O–H groups in total. The Morgan fingerprint density at radius 1 is 1.53 bits per heavy atom. The van der Waals surface area contributed by atoms with Gasteiger partial charge in [-0.15, -0.1) is 0 Å². The molecule has 1 aromatic carbocycles. The van der Waals surface area contributed by atoms with Crippen LogP contribution in [0.2, 0.25) is 0 Å². The molecule has 0 radical (unpaired) electrons. The molecule has 0 saturated heterocycles. The molecule has 1 amide bonds. The summed E-state index contributed by atoms with van der Waals surface area (Å²) >= 11 is 6.69. The van der Waals surface area contributed by atoms with Crippen LogP contribution in [0.25, 0.3) is 0 Å². The fraction of sp³-hybridized carbons (Fsp3) is 0.333. The third kappa shape index (κ3) is 3.55. The van der Waals surface area contributed by atoms with Crippen molar-refractivity contribution in [2.24, 2.45) is 0 Å². The van der Waals surface area contributed by atoms with E-state index >= 15 is 0 Å². The lowest BCUT2D eigenvalue weighted by Gasteiger charge is -2.23. The molecule has 3 nitrogen and oxygen atoms in total. The molecule has 5 heteroatoms. The second-order valence-electron chi connectivity index (χ2n) is 3.75. The molecule has 0 saturated carbocycles. The molecule has 0 heterocycles. The number of amides is 1. The van der Waals surface area contributed by atoms with Gasteiger partial charge in [-0.25, -0.2) is 0 Å². The maximum absolute atomic E-state index is 12.2. The monoisotopic (exact) mass is 358 g/mol. The Bertz CT molecular complexity index is 468. The van der Waals surface area contributed by atoms with E-state index in [-0.39, 0.29) is 11.9 Å². The Labute approximate surface area is 118 Å². The van der Waals surface area contributed by atoms with E-state index in [0.717, 1.165) is 8.95 Å². The van der Waals surface area contributed by atoms with Crippen molar-refractivity contribution in [1.82, 2.24) is 4.90 Å². The van der Waals surface area contributed by atoms with Crippen LogP contribution in [0.1, 0.15) is 23.7 Å². The van der Waals surface area contributed by atoms with Crippen molar-refractivity contribution in [3.8, 4) is 6.07 Å². The molecule has 1 atom stereocenters. The summed E-state index contributed by atoms with van der Waals surface area (Å²) < 4.78 is 1.60. The molecule has 0 aliphatic carbocycles. The second kappa shape index (κ2) is 6.18. The van der Waals surface area contributed by atoms with Gasteiger partial charge in [0.2, 0.25) is 0 Å². The van der Waals surface area contributed by atoms with E-state index < -0.39 is 0 Å².